The first kappa shape index (κ1) is 18.2. The summed E-state index contributed by atoms with van der Waals surface area (Å²) in [7, 11) is 2.06. The van der Waals surface area contributed by atoms with Crippen LogP contribution < -0.4 is 0 Å². The number of para-hydroxylation sites is 1. The van der Waals surface area contributed by atoms with Gasteiger partial charge in [0.15, 0.2) is 5.78 Å². The molecule has 3 aromatic rings. The maximum absolute atomic E-state index is 13.0. The lowest BCUT2D eigenvalue weighted by molar-refractivity contribution is 0.0888. The quantitative estimate of drug-likeness (QED) is 0.715. The number of carbonyl (C=O) groups is 1. The van der Waals surface area contributed by atoms with Gasteiger partial charge in [-0.15, -0.1) is 12.4 Å². The number of fused-ring (bicyclic) bond motifs is 3. The van der Waals surface area contributed by atoms with E-state index in [1.165, 1.54) is 5.69 Å². The zero-order valence-corrected chi connectivity index (χ0v) is 14.6. The van der Waals surface area contributed by atoms with Crippen LogP contribution in [0.3, 0.4) is 0 Å². The van der Waals surface area contributed by atoms with Crippen LogP contribution in [0.1, 0.15) is 28.3 Å². The van der Waals surface area contributed by atoms with E-state index in [1.54, 1.807) is 6.20 Å². The predicted molar refractivity (Wildman–Crippen MR) is 96.9 cm³/mol. The standard InChI is InChI=1S/C18H19N3O.ClH.H2O/c1-12-19-9-10-21(12)11-13-7-8-16-17(18(13)22)14-5-3-4-6-15(14)20(16)2;;/h3-6,9-10,13H,7-8,11H2,1-2H3;1H;1H2. The molecule has 1 aliphatic rings. The van der Waals surface area contributed by atoms with Crippen LogP contribution in [0.25, 0.3) is 10.9 Å². The second kappa shape index (κ2) is 6.79. The normalized spacial score (nSPS) is 16.4. The number of aromatic nitrogens is 3. The Kier molecular flexibility index (Phi) is 5.16. The van der Waals surface area contributed by atoms with E-state index in [-0.39, 0.29) is 29.6 Å². The van der Waals surface area contributed by atoms with E-state index in [1.807, 2.05) is 25.3 Å². The summed E-state index contributed by atoms with van der Waals surface area (Å²) in [4.78, 5) is 17.3. The molecule has 0 saturated heterocycles. The van der Waals surface area contributed by atoms with Crippen molar-refractivity contribution in [1.29, 1.82) is 0 Å². The smallest absolute Gasteiger partial charge is 0.170 e. The van der Waals surface area contributed by atoms with Crippen LogP contribution >= 0.6 is 12.4 Å². The van der Waals surface area contributed by atoms with Gasteiger partial charge < -0.3 is 14.6 Å². The van der Waals surface area contributed by atoms with Crippen LogP contribution in [-0.4, -0.2) is 25.4 Å². The van der Waals surface area contributed by atoms with E-state index < -0.39 is 0 Å². The number of hydrogen-bond acceptors (Lipinski definition) is 2. The van der Waals surface area contributed by atoms with E-state index in [2.05, 4.69) is 33.3 Å². The van der Waals surface area contributed by atoms with Gasteiger partial charge in [-0.3, -0.25) is 4.79 Å². The van der Waals surface area contributed by atoms with Crippen LogP contribution in [0.15, 0.2) is 36.7 Å². The van der Waals surface area contributed by atoms with Gasteiger partial charge >= 0.3 is 0 Å². The first-order valence-electron chi connectivity index (χ1n) is 7.75. The molecule has 1 unspecified atom stereocenters. The molecule has 0 fully saturated rings. The number of benzene rings is 1. The van der Waals surface area contributed by atoms with Gasteiger partial charge in [-0.05, 0) is 25.8 Å². The van der Waals surface area contributed by atoms with Gasteiger partial charge in [-0.25, -0.2) is 4.98 Å². The summed E-state index contributed by atoms with van der Waals surface area (Å²) in [6.07, 6.45) is 5.63. The molecule has 2 heterocycles. The molecule has 128 valence electrons. The molecule has 0 amide bonds. The molecule has 2 aromatic heterocycles. The lowest BCUT2D eigenvalue weighted by Gasteiger charge is -2.23. The van der Waals surface area contributed by atoms with Crippen LogP contribution in [-0.2, 0) is 20.0 Å². The van der Waals surface area contributed by atoms with Crippen molar-refractivity contribution in [3.8, 4) is 0 Å². The summed E-state index contributed by atoms with van der Waals surface area (Å²) in [6.45, 7) is 2.71. The second-order valence-electron chi connectivity index (χ2n) is 6.12. The summed E-state index contributed by atoms with van der Waals surface area (Å²) in [5.41, 5.74) is 3.28. The van der Waals surface area contributed by atoms with Crippen molar-refractivity contribution in [1.82, 2.24) is 14.1 Å². The zero-order valence-electron chi connectivity index (χ0n) is 13.8. The number of imidazole rings is 1. The number of Topliss-reactive ketones (excluding diaryl/α,β-unsaturated/α-hetero) is 1. The Balaban J connectivity index is 0.00000104. The zero-order chi connectivity index (χ0) is 15.3. The average Bonchev–Trinajstić information content (AvgIpc) is 3.05. The summed E-state index contributed by atoms with van der Waals surface area (Å²) in [5.74, 6) is 1.30. The van der Waals surface area contributed by atoms with Gasteiger partial charge in [-0.1, -0.05) is 18.2 Å². The minimum Gasteiger partial charge on any atom is -0.412 e. The Labute approximate surface area is 147 Å². The van der Waals surface area contributed by atoms with Crippen molar-refractivity contribution < 1.29 is 10.3 Å². The molecule has 0 aliphatic heterocycles. The molecule has 0 radical (unpaired) electrons. The molecule has 5 nitrogen and oxygen atoms in total. The highest BCUT2D eigenvalue weighted by Gasteiger charge is 2.32. The first-order valence-corrected chi connectivity index (χ1v) is 7.75. The third-order valence-corrected chi connectivity index (χ3v) is 4.92. The molecular weight excluding hydrogens is 326 g/mol. The molecule has 0 saturated carbocycles. The third-order valence-electron chi connectivity index (χ3n) is 4.92. The highest BCUT2D eigenvalue weighted by molar-refractivity contribution is 6.11. The molecule has 0 spiro atoms. The predicted octanol–water partition coefficient (Wildman–Crippen LogP) is 2.73. The molecule has 6 heteroatoms. The SMILES string of the molecule is Cc1nccn1CC1CCc2c(c3ccccc3n2C)C1=O.Cl.O. The minimum atomic E-state index is 0. The summed E-state index contributed by atoms with van der Waals surface area (Å²) in [5, 5.41) is 1.09. The molecule has 24 heavy (non-hydrogen) atoms. The van der Waals surface area contributed by atoms with E-state index in [4.69, 9.17) is 0 Å². The molecule has 4 rings (SSSR count). The fourth-order valence-corrected chi connectivity index (χ4v) is 3.67. The lowest BCUT2D eigenvalue weighted by atomic mass is 9.85. The summed E-state index contributed by atoms with van der Waals surface area (Å²) in [6, 6.07) is 8.21. The molecule has 1 aromatic carbocycles. The molecule has 2 N–H and O–H groups in total. The third kappa shape index (κ3) is 2.64. The van der Waals surface area contributed by atoms with Crippen molar-refractivity contribution in [2.75, 3.05) is 0 Å². The first-order chi connectivity index (χ1) is 10.7. The number of nitrogens with zero attached hydrogens (tertiary/aromatic N) is 3. The maximum atomic E-state index is 13.0. The van der Waals surface area contributed by atoms with Crippen LogP contribution in [0.2, 0.25) is 0 Å². The topological polar surface area (TPSA) is 71.3 Å². The van der Waals surface area contributed by atoms with Crippen molar-refractivity contribution in [2.45, 2.75) is 26.3 Å². The molecular formula is C18H22ClN3O2. The summed E-state index contributed by atoms with van der Waals surface area (Å²) < 4.78 is 4.26. The highest BCUT2D eigenvalue weighted by atomic mass is 35.5. The van der Waals surface area contributed by atoms with E-state index in [0.717, 1.165) is 41.7 Å². The van der Waals surface area contributed by atoms with Gasteiger partial charge in [0, 0.05) is 54.1 Å². The monoisotopic (exact) mass is 347 g/mol. The van der Waals surface area contributed by atoms with Gasteiger partial charge in [0.1, 0.15) is 5.82 Å². The van der Waals surface area contributed by atoms with Crippen LogP contribution in [0, 0.1) is 12.8 Å². The van der Waals surface area contributed by atoms with E-state index >= 15 is 0 Å². The Morgan fingerprint density at radius 1 is 1.29 bits per heavy atom. The average molecular weight is 348 g/mol. The van der Waals surface area contributed by atoms with Gasteiger partial charge in [-0.2, -0.15) is 0 Å². The highest BCUT2D eigenvalue weighted by Crippen LogP contribution is 2.34. The number of aryl methyl sites for hydroxylation is 2. The van der Waals surface area contributed by atoms with Crippen molar-refractivity contribution >= 4 is 29.1 Å². The minimum absolute atomic E-state index is 0. The Bertz CT molecular complexity index is 882. The van der Waals surface area contributed by atoms with Gasteiger partial charge in [0.25, 0.3) is 0 Å². The second-order valence-corrected chi connectivity index (χ2v) is 6.12. The number of hydrogen-bond donors (Lipinski definition) is 0. The lowest BCUT2D eigenvalue weighted by Crippen LogP contribution is -2.27. The van der Waals surface area contributed by atoms with Crippen LogP contribution in [0.5, 0.6) is 0 Å². The fraction of sp³-hybridized carbons (Fsp3) is 0.333. The number of carbonyl (C=O) groups excluding carboxylic acids is 1. The molecule has 0 bridgehead atoms. The van der Waals surface area contributed by atoms with Gasteiger partial charge in [0.2, 0.25) is 0 Å². The molecule has 1 aliphatic carbocycles. The van der Waals surface area contributed by atoms with E-state index in [0.29, 0.717) is 0 Å². The maximum Gasteiger partial charge on any atom is 0.170 e. The Morgan fingerprint density at radius 2 is 2.04 bits per heavy atom. The van der Waals surface area contributed by atoms with E-state index in [9.17, 15) is 4.79 Å². The Morgan fingerprint density at radius 3 is 2.75 bits per heavy atom. The van der Waals surface area contributed by atoms with Crippen molar-refractivity contribution in [3.05, 3.63) is 53.7 Å². The summed E-state index contributed by atoms with van der Waals surface area (Å²) >= 11 is 0. The van der Waals surface area contributed by atoms with Crippen molar-refractivity contribution in [2.24, 2.45) is 13.0 Å². The van der Waals surface area contributed by atoms with Gasteiger partial charge in [0.05, 0.1) is 0 Å². The Hall–Kier alpha value is -2.11. The molecule has 1 atom stereocenters. The number of ketones is 1. The fourth-order valence-electron chi connectivity index (χ4n) is 3.67. The van der Waals surface area contributed by atoms with Crippen molar-refractivity contribution in [3.63, 3.8) is 0 Å². The number of halogens is 1. The van der Waals surface area contributed by atoms with Crippen LogP contribution in [0.4, 0.5) is 0 Å². The largest absolute Gasteiger partial charge is 0.412 e. The number of rotatable bonds is 2.